The summed E-state index contributed by atoms with van der Waals surface area (Å²) in [6.07, 6.45) is 1.24. The molecule has 25 heavy (non-hydrogen) atoms. The number of hydrogen-bond donors (Lipinski definition) is 1. The van der Waals surface area contributed by atoms with E-state index in [-0.39, 0.29) is 11.9 Å². The molecule has 0 amide bonds. The third-order valence-electron chi connectivity index (χ3n) is 4.99. The standard InChI is InChI=1S/C20H22FNO3/c21-16-5-2-1-4-15(16)18(23)13-22-9-3-6-17(22)14-7-8-19-20(12-14)25-11-10-24-19/h1-2,4-5,7-8,12,17-18,23H,3,6,9-11,13H2. The molecule has 0 radical (unpaired) electrons. The quantitative estimate of drug-likeness (QED) is 0.923. The van der Waals surface area contributed by atoms with Gasteiger partial charge in [0.2, 0.25) is 0 Å². The van der Waals surface area contributed by atoms with Crippen LogP contribution in [0.2, 0.25) is 0 Å². The average Bonchev–Trinajstić information content (AvgIpc) is 3.09. The first kappa shape index (κ1) is 16.4. The molecule has 2 heterocycles. The molecular weight excluding hydrogens is 321 g/mol. The first-order chi connectivity index (χ1) is 12.2. The van der Waals surface area contributed by atoms with Crippen LogP contribution in [0.25, 0.3) is 0 Å². The van der Waals surface area contributed by atoms with Crippen molar-refractivity contribution in [3.05, 3.63) is 59.4 Å². The van der Waals surface area contributed by atoms with Crippen LogP contribution in [-0.4, -0.2) is 36.3 Å². The zero-order valence-electron chi connectivity index (χ0n) is 14.0. The first-order valence-electron chi connectivity index (χ1n) is 8.78. The molecule has 1 N–H and O–H groups in total. The molecule has 0 bridgehead atoms. The number of β-amino-alcohol motifs (C(OH)–C–C–N with tert-alkyl or cyclic N) is 1. The lowest BCUT2D eigenvalue weighted by atomic mass is 10.0. The normalized spacial score (nSPS) is 21.3. The van der Waals surface area contributed by atoms with Crippen LogP contribution in [0.3, 0.4) is 0 Å². The van der Waals surface area contributed by atoms with Gasteiger partial charge in [-0.3, -0.25) is 4.90 Å². The van der Waals surface area contributed by atoms with E-state index >= 15 is 0 Å². The summed E-state index contributed by atoms with van der Waals surface area (Å²) in [7, 11) is 0. The van der Waals surface area contributed by atoms with Gasteiger partial charge in [0.1, 0.15) is 19.0 Å². The van der Waals surface area contributed by atoms with Crippen LogP contribution >= 0.6 is 0 Å². The summed E-state index contributed by atoms with van der Waals surface area (Å²) in [6, 6.07) is 12.7. The van der Waals surface area contributed by atoms with E-state index in [1.807, 2.05) is 12.1 Å². The van der Waals surface area contributed by atoms with E-state index in [2.05, 4.69) is 11.0 Å². The predicted molar refractivity (Wildman–Crippen MR) is 92.3 cm³/mol. The number of halogens is 1. The maximum atomic E-state index is 13.9. The molecule has 2 atom stereocenters. The van der Waals surface area contributed by atoms with E-state index in [9.17, 15) is 9.50 Å². The second kappa shape index (κ2) is 7.02. The SMILES string of the molecule is OC(CN1CCCC1c1ccc2c(c1)OCCO2)c1ccccc1F. The van der Waals surface area contributed by atoms with Crippen molar-refractivity contribution in [1.29, 1.82) is 0 Å². The highest BCUT2D eigenvalue weighted by Crippen LogP contribution is 2.38. The zero-order chi connectivity index (χ0) is 17.2. The van der Waals surface area contributed by atoms with E-state index in [0.717, 1.165) is 36.4 Å². The van der Waals surface area contributed by atoms with Crippen molar-refractivity contribution in [3.63, 3.8) is 0 Å². The number of likely N-dealkylation sites (tertiary alicyclic amines) is 1. The van der Waals surface area contributed by atoms with Crippen LogP contribution in [-0.2, 0) is 0 Å². The third kappa shape index (κ3) is 3.34. The number of ether oxygens (including phenoxy) is 2. The Morgan fingerprint density at radius 3 is 2.76 bits per heavy atom. The molecule has 1 saturated heterocycles. The average molecular weight is 343 g/mol. The lowest BCUT2D eigenvalue weighted by molar-refractivity contribution is 0.103. The summed E-state index contributed by atoms with van der Waals surface area (Å²) in [5, 5.41) is 10.5. The molecule has 2 aliphatic rings. The predicted octanol–water partition coefficient (Wildman–Crippen LogP) is 3.47. The number of aliphatic hydroxyl groups is 1. The van der Waals surface area contributed by atoms with Crippen LogP contribution < -0.4 is 9.47 Å². The molecule has 0 aromatic heterocycles. The summed E-state index contributed by atoms with van der Waals surface area (Å²) >= 11 is 0. The summed E-state index contributed by atoms with van der Waals surface area (Å²) < 4.78 is 25.2. The molecule has 2 aromatic rings. The third-order valence-corrected chi connectivity index (χ3v) is 4.99. The molecule has 4 rings (SSSR count). The highest BCUT2D eigenvalue weighted by molar-refractivity contribution is 5.44. The lowest BCUT2D eigenvalue weighted by Gasteiger charge is -2.28. The molecule has 2 aromatic carbocycles. The number of hydrogen-bond acceptors (Lipinski definition) is 4. The fourth-order valence-electron chi connectivity index (χ4n) is 3.76. The van der Waals surface area contributed by atoms with Gasteiger partial charge in [-0.2, -0.15) is 0 Å². The highest BCUT2D eigenvalue weighted by Gasteiger charge is 2.29. The van der Waals surface area contributed by atoms with Gasteiger partial charge in [-0.05, 0) is 43.1 Å². The number of aliphatic hydroxyl groups excluding tert-OH is 1. The van der Waals surface area contributed by atoms with Gasteiger partial charge < -0.3 is 14.6 Å². The van der Waals surface area contributed by atoms with Crippen molar-refractivity contribution in [1.82, 2.24) is 4.90 Å². The smallest absolute Gasteiger partial charge is 0.161 e. The maximum Gasteiger partial charge on any atom is 0.161 e. The molecule has 1 fully saturated rings. The van der Waals surface area contributed by atoms with Crippen LogP contribution in [0.15, 0.2) is 42.5 Å². The van der Waals surface area contributed by atoms with Gasteiger partial charge in [0, 0.05) is 18.2 Å². The largest absolute Gasteiger partial charge is 0.486 e. The Morgan fingerprint density at radius 2 is 1.92 bits per heavy atom. The molecule has 0 spiro atoms. The van der Waals surface area contributed by atoms with Gasteiger partial charge >= 0.3 is 0 Å². The van der Waals surface area contributed by atoms with Gasteiger partial charge in [0.25, 0.3) is 0 Å². The molecule has 4 nitrogen and oxygen atoms in total. The fraction of sp³-hybridized carbons (Fsp3) is 0.400. The van der Waals surface area contributed by atoms with Crippen LogP contribution in [0.1, 0.15) is 36.1 Å². The van der Waals surface area contributed by atoms with Gasteiger partial charge in [-0.25, -0.2) is 4.39 Å². The van der Waals surface area contributed by atoms with E-state index in [1.165, 1.54) is 6.07 Å². The minimum absolute atomic E-state index is 0.206. The zero-order valence-corrected chi connectivity index (χ0v) is 14.0. The highest BCUT2D eigenvalue weighted by atomic mass is 19.1. The van der Waals surface area contributed by atoms with Gasteiger partial charge in [-0.1, -0.05) is 24.3 Å². The Morgan fingerprint density at radius 1 is 1.12 bits per heavy atom. The summed E-state index contributed by atoms with van der Waals surface area (Å²) in [5.41, 5.74) is 1.51. The van der Waals surface area contributed by atoms with Crippen LogP contribution in [0.5, 0.6) is 11.5 Å². The number of benzene rings is 2. The van der Waals surface area contributed by atoms with Crippen LogP contribution in [0.4, 0.5) is 4.39 Å². The van der Waals surface area contributed by atoms with E-state index in [4.69, 9.17) is 9.47 Å². The van der Waals surface area contributed by atoms with Crippen molar-refractivity contribution >= 4 is 0 Å². The van der Waals surface area contributed by atoms with Crippen molar-refractivity contribution in [3.8, 4) is 11.5 Å². The summed E-state index contributed by atoms with van der Waals surface area (Å²) in [6.45, 7) is 2.46. The second-order valence-electron chi connectivity index (χ2n) is 6.59. The molecule has 2 aliphatic heterocycles. The molecule has 2 unspecified atom stereocenters. The van der Waals surface area contributed by atoms with E-state index in [0.29, 0.717) is 25.3 Å². The van der Waals surface area contributed by atoms with Crippen molar-refractivity contribution in [2.45, 2.75) is 25.0 Å². The van der Waals surface area contributed by atoms with Crippen LogP contribution in [0, 0.1) is 5.82 Å². The minimum atomic E-state index is -0.834. The Labute approximate surface area is 146 Å². The van der Waals surface area contributed by atoms with Gasteiger partial charge in [-0.15, -0.1) is 0 Å². The Kier molecular flexibility index (Phi) is 4.59. The van der Waals surface area contributed by atoms with Gasteiger partial charge in [0.05, 0.1) is 6.10 Å². The van der Waals surface area contributed by atoms with E-state index in [1.54, 1.807) is 18.2 Å². The summed E-state index contributed by atoms with van der Waals surface area (Å²) in [5.74, 6) is 1.21. The molecular formula is C20H22FNO3. The van der Waals surface area contributed by atoms with Gasteiger partial charge in [0.15, 0.2) is 11.5 Å². The molecule has 132 valence electrons. The second-order valence-corrected chi connectivity index (χ2v) is 6.59. The Balaban J connectivity index is 1.52. The number of fused-ring (bicyclic) bond motifs is 1. The lowest BCUT2D eigenvalue weighted by Crippen LogP contribution is -2.29. The number of nitrogens with zero attached hydrogens (tertiary/aromatic N) is 1. The maximum absolute atomic E-state index is 13.9. The number of rotatable bonds is 4. The molecule has 5 heteroatoms. The monoisotopic (exact) mass is 343 g/mol. The van der Waals surface area contributed by atoms with Crippen molar-refractivity contribution in [2.24, 2.45) is 0 Å². The summed E-state index contributed by atoms with van der Waals surface area (Å²) in [4.78, 5) is 2.22. The first-order valence-corrected chi connectivity index (χ1v) is 8.78. The Hall–Kier alpha value is -2.11. The topological polar surface area (TPSA) is 41.9 Å². The fourth-order valence-corrected chi connectivity index (χ4v) is 3.76. The Bertz CT molecular complexity index is 751. The van der Waals surface area contributed by atoms with Crippen molar-refractivity contribution in [2.75, 3.05) is 26.3 Å². The molecule has 0 aliphatic carbocycles. The minimum Gasteiger partial charge on any atom is -0.486 e. The molecule has 0 saturated carbocycles. The van der Waals surface area contributed by atoms with E-state index < -0.39 is 6.10 Å². The van der Waals surface area contributed by atoms with Crippen molar-refractivity contribution < 1.29 is 19.0 Å².